The highest BCUT2D eigenvalue weighted by atomic mass is 35.5. The Labute approximate surface area is 165 Å². The number of nitrogens with zero attached hydrogens (tertiary/aromatic N) is 1. The Morgan fingerprint density at radius 1 is 1.04 bits per heavy atom. The topological polar surface area (TPSA) is 29.5 Å². The third kappa shape index (κ3) is 7.30. The van der Waals surface area contributed by atoms with E-state index in [-0.39, 0.29) is 5.97 Å². The van der Waals surface area contributed by atoms with E-state index in [0.717, 1.165) is 36.6 Å². The van der Waals surface area contributed by atoms with Gasteiger partial charge in [0, 0.05) is 35.6 Å². The molecule has 2 aromatic rings. The number of ether oxygens (including phenoxy) is 1. The number of thioether (sulfide) groups is 1. The van der Waals surface area contributed by atoms with Gasteiger partial charge in [-0.15, -0.1) is 11.8 Å². The lowest BCUT2D eigenvalue weighted by atomic mass is 10.2. The van der Waals surface area contributed by atoms with Crippen LogP contribution in [0.5, 0.6) is 0 Å². The molecule has 0 saturated carbocycles. The Kier molecular flexibility index (Phi) is 8.86. The number of esters is 1. The predicted octanol–water partition coefficient (Wildman–Crippen LogP) is 5.80. The summed E-state index contributed by atoms with van der Waals surface area (Å²) in [6, 6.07) is 16.6. The van der Waals surface area contributed by atoms with Gasteiger partial charge in [-0.3, -0.25) is 4.79 Å². The summed E-state index contributed by atoms with van der Waals surface area (Å²) < 4.78 is 4.65. The van der Waals surface area contributed by atoms with Crippen LogP contribution in [0.2, 0.25) is 5.02 Å². The van der Waals surface area contributed by atoms with E-state index in [1.54, 1.807) is 0 Å². The average molecular weight is 392 g/mol. The van der Waals surface area contributed by atoms with Crippen molar-refractivity contribution in [1.29, 1.82) is 0 Å². The first-order valence-electron chi connectivity index (χ1n) is 8.84. The van der Waals surface area contributed by atoms with Crippen LogP contribution in [0.1, 0.15) is 31.2 Å². The first-order valence-corrected chi connectivity index (χ1v) is 10.2. The van der Waals surface area contributed by atoms with Crippen molar-refractivity contribution in [3.05, 3.63) is 59.1 Å². The van der Waals surface area contributed by atoms with Gasteiger partial charge in [0.15, 0.2) is 0 Å². The van der Waals surface area contributed by atoms with Crippen molar-refractivity contribution in [2.45, 2.75) is 37.1 Å². The molecule has 0 saturated heterocycles. The van der Waals surface area contributed by atoms with Crippen LogP contribution in [0.25, 0.3) is 0 Å². The van der Waals surface area contributed by atoms with Crippen molar-refractivity contribution < 1.29 is 9.53 Å². The van der Waals surface area contributed by atoms with E-state index in [4.69, 9.17) is 11.6 Å². The van der Waals surface area contributed by atoms with Gasteiger partial charge in [-0.25, -0.2) is 0 Å². The molecule has 0 bridgehead atoms. The monoisotopic (exact) mass is 391 g/mol. The minimum Gasteiger partial charge on any atom is -0.469 e. The van der Waals surface area contributed by atoms with Gasteiger partial charge in [0.1, 0.15) is 0 Å². The fourth-order valence-electron chi connectivity index (χ4n) is 2.59. The molecule has 2 rings (SSSR count). The smallest absolute Gasteiger partial charge is 0.305 e. The van der Waals surface area contributed by atoms with E-state index in [1.807, 2.05) is 23.9 Å². The van der Waals surface area contributed by atoms with Crippen molar-refractivity contribution in [2.75, 3.05) is 24.8 Å². The van der Waals surface area contributed by atoms with Crippen LogP contribution in [-0.4, -0.2) is 25.9 Å². The second-order valence-corrected chi connectivity index (χ2v) is 7.82. The van der Waals surface area contributed by atoms with Crippen LogP contribution in [0.4, 0.5) is 5.69 Å². The highest BCUT2D eigenvalue weighted by Gasteiger charge is 2.04. The van der Waals surface area contributed by atoms with Gasteiger partial charge in [0.05, 0.1) is 7.11 Å². The Morgan fingerprint density at radius 3 is 2.38 bits per heavy atom. The summed E-state index contributed by atoms with van der Waals surface area (Å²) in [6.07, 6.45) is 3.60. The molecule has 0 N–H and O–H groups in total. The van der Waals surface area contributed by atoms with Crippen molar-refractivity contribution >= 4 is 35.0 Å². The zero-order valence-electron chi connectivity index (χ0n) is 15.4. The number of benzene rings is 2. The SMILES string of the molecule is COC(=O)CCCCCSc1ccc(N(C)Cc2ccc(Cl)cc2)cc1. The van der Waals surface area contributed by atoms with Crippen LogP contribution >= 0.6 is 23.4 Å². The number of hydrogen-bond acceptors (Lipinski definition) is 4. The van der Waals surface area contributed by atoms with E-state index in [0.29, 0.717) is 6.42 Å². The number of methoxy groups -OCH3 is 1. The molecule has 0 aliphatic rings. The normalized spacial score (nSPS) is 10.6. The van der Waals surface area contributed by atoms with Crippen LogP contribution in [0.15, 0.2) is 53.4 Å². The van der Waals surface area contributed by atoms with Crippen LogP contribution < -0.4 is 4.90 Å². The standard InChI is InChI=1S/C21H26ClNO2S/c1-23(16-17-7-9-18(22)10-8-17)19-11-13-20(14-12-19)26-15-5-3-4-6-21(24)25-2/h7-14H,3-6,15-16H2,1-2H3. The summed E-state index contributed by atoms with van der Waals surface area (Å²) in [4.78, 5) is 14.6. The van der Waals surface area contributed by atoms with Gasteiger partial charge < -0.3 is 9.64 Å². The fraction of sp³-hybridized carbons (Fsp3) is 0.381. The molecule has 0 fully saturated rings. The number of unbranched alkanes of at least 4 members (excludes halogenated alkanes) is 2. The van der Waals surface area contributed by atoms with Gasteiger partial charge in [0.25, 0.3) is 0 Å². The fourth-order valence-corrected chi connectivity index (χ4v) is 3.63. The van der Waals surface area contributed by atoms with Gasteiger partial charge in [-0.2, -0.15) is 0 Å². The molecular weight excluding hydrogens is 366 g/mol. The summed E-state index contributed by atoms with van der Waals surface area (Å²) in [5.41, 5.74) is 2.43. The van der Waals surface area contributed by atoms with E-state index in [1.165, 1.54) is 23.3 Å². The first-order chi connectivity index (χ1) is 12.6. The van der Waals surface area contributed by atoms with Crippen molar-refractivity contribution in [3.63, 3.8) is 0 Å². The van der Waals surface area contributed by atoms with Gasteiger partial charge in [-0.1, -0.05) is 30.2 Å². The maximum atomic E-state index is 11.0. The quantitative estimate of drug-likeness (QED) is 0.290. The number of carbonyl (C=O) groups excluding carboxylic acids is 1. The van der Waals surface area contributed by atoms with Crippen LogP contribution in [0, 0.1) is 0 Å². The number of anilines is 1. The molecule has 5 heteroatoms. The molecule has 0 heterocycles. The number of carbonyl (C=O) groups is 1. The average Bonchev–Trinajstić information content (AvgIpc) is 2.66. The molecule has 0 aromatic heterocycles. The second kappa shape index (κ2) is 11.1. The number of halogens is 1. The molecule has 0 amide bonds. The lowest BCUT2D eigenvalue weighted by Crippen LogP contribution is -2.16. The number of hydrogen-bond donors (Lipinski definition) is 0. The van der Waals surface area contributed by atoms with Crippen LogP contribution in [-0.2, 0) is 16.1 Å². The molecular formula is C21H26ClNO2S. The first kappa shape index (κ1) is 20.7. The maximum Gasteiger partial charge on any atom is 0.305 e. The molecule has 0 unspecified atom stereocenters. The molecule has 0 radical (unpaired) electrons. The van der Waals surface area contributed by atoms with Gasteiger partial charge >= 0.3 is 5.97 Å². The Bertz CT molecular complexity index is 673. The highest BCUT2D eigenvalue weighted by Crippen LogP contribution is 2.24. The van der Waals surface area contributed by atoms with E-state index < -0.39 is 0 Å². The summed E-state index contributed by atoms with van der Waals surface area (Å²) >= 11 is 7.80. The van der Waals surface area contributed by atoms with E-state index in [9.17, 15) is 4.79 Å². The highest BCUT2D eigenvalue weighted by molar-refractivity contribution is 7.99. The Balaban J connectivity index is 1.71. The molecule has 2 aromatic carbocycles. The van der Waals surface area contributed by atoms with E-state index in [2.05, 4.69) is 53.1 Å². The summed E-state index contributed by atoms with van der Waals surface area (Å²) in [6.45, 7) is 0.851. The molecule has 3 nitrogen and oxygen atoms in total. The Hall–Kier alpha value is -1.65. The molecule has 0 atom stereocenters. The third-order valence-electron chi connectivity index (χ3n) is 4.13. The van der Waals surface area contributed by atoms with Crippen molar-refractivity contribution in [3.8, 4) is 0 Å². The summed E-state index contributed by atoms with van der Waals surface area (Å²) in [7, 11) is 3.53. The van der Waals surface area contributed by atoms with Gasteiger partial charge in [0.2, 0.25) is 0 Å². The summed E-state index contributed by atoms with van der Waals surface area (Å²) in [5.74, 6) is 0.956. The molecule has 26 heavy (non-hydrogen) atoms. The Morgan fingerprint density at radius 2 is 1.73 bits per heavy atom. The predicted molar refractivity (Wildman–Crippen MR) is 111 cm³/mol. The van der Waals surface area contributed by atoms with E-state index >= 15 is 0 Å². The second-order valence-electron chi connectivity index (χ2n) is 6.21. The maximum absolute atomic E-state index is 11.0. The van der Waals surface area contributed by atoms with Crippen molar-refractivity contribution in [1.82, 2.24) is 0 Å². The molecule has 0 spiro atoms. The third-order valence-corrected chi connectivity index (χ3v) is 5.48. The minimum absolute atomic E-state index is 0.115. The zero-order valence-corrected chi connectivity index (χ0v) is 17.0. The molecule has 0 aliphatic carbocycles. The molecule has 0 aliphatic heterocycles. The van der Waals surface area contributed by atoms with Crippen molar-refractivity contribution in [2.24, 2.45) is 0 Å². The largest absolute Gasteiger partial charge is 0.469 e. The lowest BCUT2D eigenvalue weighted by Gasteiger charge is -2.19. The zero-order chi connectivity index (χ0) is 18.8. The van der Waals surface area contributed by atoms with Crippen LogP contribution in [0.3, 0.4) is 0 Å². The lowest BCUT2D eigenvalue weighted by molar-refractivity contribution is -0.140. The van der Waals surface area contributed by atoms with Gasteiger partial charge in [-0.05, 0) is 60.6 Å². The summed E-state index contributed by atoms with van der Waals surface area (Å²) in [5, 5.41) is 0.767. The molecule has 140 valence electrons. The minimum atomic E-state index is -0.115. The number of rotatable bonds is 10.